The van der Waals surface area contributed by atoms with Gasteiger partial charge < -0.3 is 10.1 Å². The molecule has 156 valence electrons. The fourth-order valence-electron chi connectivity index (χ4n) is 3.54. The molecule has 0 spiro atoms. The molecule has 1 aliphatic rings. The van der Waals surface area contributed by atoms with Crippen LogP contribution in [0.4, 0.5) is 11.4 Å². The van der Waals surface area contributed by atoms with Crippen molar-refractivity contribution in [2.75, 3.05) is 17.3 Å². The summed E-state index contributed by atoms with van der Waals surface area (Å²) in [4.78, 5) is 28.1. The summed E-state index contributed by atoms with van der Waals surface area (Å²) < 4.78 is 5.41. The van der Waals surface area contributed by atoms with E-state index in [2.05, 4.69) is 5.32 Å². The Morgan fingerprint density at radius 2 is 1.65 bits per heavy atom. The van der Waals surface area contributed by atoms with Crippen LogP contribution in [0.3, 0.4) is 0 Å². The van der Waals surface area contributed by atoms with Gasteiger partial charge >= 0.3 is 0 Å². The summed E-state index contributed by atoms with van der Waals surface area (Å²) in [6.45, 7) is 3.98. The largest absolute Gasteiger partial charge is 0.495 e. The van der Waals surface area contributed by atoms with Crippen LogP contribution < -0.4 is 15.0 Å². The molecule has 1 heterocycles. The minimum atomic E-state index is -0.452. The third-order valence-corrected chi connectivity index (χ3v) is 5.55. The Morgan fingerprint density at radius 3 is 2.35 bits per heavy atom. The SMILES string of the molecule is COc1ccccc1NC1=C(c2ccc(C)c(C)c2)C(=O)N(c2cccc(Cl)c2)C1=O. The first kappa shape index (κ1) is 20.7. The van der Waals surface area contributed by atoms with Gasteiger partial charge in [0.1, 0.15) is 11.4 Å². The molecule has 0 saturated carbocycles. The molecule has 1 N–H and O–H groups in total. The van der Waals surface area contributed by atoms with Crippen LogP contribution in [0, 0.1) is 13.8 Å². The lowest BCUT2D eigenvalue weighted by molar-refractivity contribution is -0.120. The molecule has 3 aromatic carbocycles. The first-order valence-electron chi connectivity index (χ1n) is 9.77. The molecule has 31 heavy (non-hydrogen) atoms. The van der Waals surface area contributed by atoms with Crippen molar-refractivity contribution in [1.82, 2.24) is 0 Å². The topological polar surface area (TPSA) is 58.6 Å². The van der Waals surface area contributed by atoms with Gasteiger partial charge in [-0.1, -0.05) is 48.0 Å². The summed E-state index contributed by atoms with van der Waals surface area (Å²) in [7, 11) is 1.55. The van der Waals surface area contributed by atoms with Crippen LogP contribution in [0.1, 0.15) is 16.7 Å². The molecule has 0 unspecified atom stereocenters. The van der Waals surface area contributed by atoms with Gasteiger partial charge in [-0.2, -0.15) is 0 Å². The first-order chi connectivity index (χ1) is 14.9. The predicted octanol–water partition coefficient (Wildman–Crippen LogP) is 5.36. The maximum atomic E-state index is 13.5. The van der Waals surface area contributed by atoms with Gasteiger partial charge in [-0.25, -0.2) is 4.90 Å². The van der Waals surface area contributed by atoms with E-state index in [0.717, 1.165) is 16.0 Å². The minimum absolute atomic E-state index is 0.192. The van der Waals surface area contributed by atoms with Crippen LogP contribution >= 0.6 is 11.6 Å². The van der Waals surface area contributed by atoms with Crippen molar-refractivity contribution in [1.29, 1.82) is 0 Å². The molecule has 3 aromatic rings. The van der Waals surface area contributed by atoms with Crippen molar-refractivity contribution < 1.29 is 14.3 Å². The Hall–Kier alpha value is -3.57. The first-order valence-corrected chi connectivity index (χ1v) is 10.1. The number of imide groups is 1. The molecule has 0 saturated heterocycles. The van der Waals surface area contributed by atoms with Gasteiger partial charge in [-0.05, 0) is 60.9 Å². The Balaban J connectivity index is 1.87. The van der Waals surface area contributed by atoms with Crippen molar-refractivity contribution in [3.05, 3.63) is 94.1 Å². The normalized spacial score (nSPS) is 13.7. The number of methoxy groups -OCH3 is 1. The molecular weight excluding hydrogens is 412 g/mol. The minimum Gasteiger partial charge on any atom is -0.495 e. The van der Waals surface area contributed by atoms with Crippen molar-refractivity contribution >= 4 is 40.4 Å². The number of ether oxygens (including phenoxy) is 1. The van der Waals surface area contributed by atoms with Crippen LogP contribution in [0.2, 0.25) is 5.02 Å². The van der Waals surface area contributed by atoms with E-state index >= 15 is 0 Å². The molecule has 0 fully saturated rings. The second kappa shape index (κ2) is 8.28. The number of carbonyl (C=O) groups is 2. The van der Waals surface area contributed by atoms with Crippen molar-refractivity contribution in [3.63, 3.8) is 0 Å². The van der Waals surface area contributed by atoms with Crippen molar-refractivity contribution in [3.8, 4) is 5.75 Å². The number of amides is 2. The van der Waals surface area contributed by atoms with E-state index in [1.807, 2.05) is 44.2 Å². The summed E-state index contributed by atoms with van der Waals surface area (Å²) in [6, 6.07) is 19.7. The zero-order chi connectivity index (χ0) is 22.1. The lowest BCUT2D eigenvalue weighted by atomic mass is 9.99. The number of carbonyl (C=O) groups excluding carboxylic acids is 2. The second-order valence-corrected chi connectivity index (χ2v) is 7.74. The number of hydrogen-bond donors (Lipinski definition) is 1. The van der Waals surface area contributed by atoms with E-state index in [1.54, 1.807) is 43.5 Å². The number of hydrogen-bond acceptors (Lipinski definition) is 4. The van der Waals surface area contributed by atoms with Crippen molar-refractivity contribution in [2.45, 2.75) is 13.8 Å². The summed E-state index contributed by atoms with van der Waals surface area (Å²) in [5.41, 5.74) is 4.31. The average Bonchev–Trinajstić information content (AvgIpc) is 3.00. The Bertz CT molecular complexity index is 1230. The van der Waals surface area contributed by atoms with Crippen LogP contribution in [-0.2, 0) is 9.59 Å². The third-order valence-electron chi connectivity index (χ3n) is 5.31. The van der Waals surface area contributed by atoms with Gasteiger partial charge in [0.15, 0.2) is 0 Å². The van der Waals surface area contributed by atoms with E-state index in [4.69, 9.17) is 16.3 Å². The fourth-order valence-corrected chi connectivity index (χ4v) is 3.73. The lowest BCUT2D eigenvalue weighted by Gasteiger charge is -2.16. The lowest BCUT2D eigenvalue weighted by Crippen LogP contribution is -2.32. The highest BCUT2D eigenvalue weighted by atomic mass is 35.5. The number of nitrogens with one attached hydrogen (secondary N) is 1. The predicted molar refractivity (Wildman–Crippen MR) is 123 cm³/mol. The quantitative estimate of drug-likeness (QED) is 0.551. The highest BCUT2D eigenvalue weighted by Gasteiger charge is 2.40. The number of rotatable bonds is 5. The molecule has 2 amide bonds. The molecule has 0 radical (unpaired) electrons. The molecule has 6 heteroatoms. The van der Waals surface area contributed by atoms with Crippen LogP contribution in [0.25, 0.3) is 5.57 Å². The van der Waals surface area contributed by atoms with E-state index in [9.17, 15) is 9.59 Å². The molecule has 1 aliphatic heterocycles. The molecule has 0 bridgehead atoms. The number of halogens is 1. The van der Waals surface area contributed by atoms with Gasteiger partial charge in [0.2, 0.25) is 0 Å². The maximum Gasteiger partial charge on any atom is 0.282 e. The van der Waals surface area contributed by atoms with Crippen LogP contribution in [0.5, 0.6) is 5.75 Å². The fraction of sp³-hybridized carbons (Fsp3) is 0.120. The number of para-hydroxylation sites is 2. The smallest absolute Gasteiger partial charge is 0.282 e. The van der Waals surface area contributed by atoms with E-state index < -0.39 is 11.8 Å². The maximum absolute atomic E-state index is 13.5. The summed E-state index contributed by atoms with van der Waals surface area (Å²) >= 11 is 6.12. The highest BCUT2D eigenvalue weighted by Crippen LogP contribution is 2.36. The number of aryl methyl sites for hydroxylation is 2. The number of anilines is 2. The Labute approximate surface area is 185 Å². The van der Waals surface area contributed by atoms with Crippen LogP contribution in [-0.4, -0.2) is 18.9 Å². The standard InChI is InChI=1S/C25H21ClN2O3/c1-15-11-12-17(13-16(15)2)22-23(27-20-9-4-5-10-21(20)31-3)25(30)28(24(22)29)19-8-6-7-18(26)14-19/h4-14,27H,1-3H3. The molecule has 5 nitrogen and oxygen atoms in total. The van der Waals surface area contributed by atoms with E-state index in [1.165, 1.54) is 0 Å². The molecule has 0 atom stereocenters. The molecular formula is C25H21ClN2O3. The zero-order valence-corrected chi connectivity index (χ0v) is 18.2. The van der Waals surface area contributed by atoms with Gasteiger partial charge in [0.25, 0.3) is 11.8 Å². The van der Waals surface area contributed by atoms with Gasteiger partial charge in [0.05, 0.1) is 24.1 Å². The monoisotopic (exact) mass is 432 g/mol. The van der Waals surface area contributed by atoms with Crippen molar-refractivity contribution in [2.24, 2.45) is 0 Å². The van der Waals surface area contributed by atoms with Gasteiger partial charge in [0, 0.05) is 5.02 Å². The highest BCUT2D eigenvalue weighted by molar-refractivity contribution is 6.46. The second-order valence-electron chi connectivity index (χ2n) is 7.30. The number of nitrogens with zero attached hydrogens (tertiary/aromatic N) is 1. The Morgan fingerprint density at radius 1 is 0.871 bits per heavy atom. The summed E-state index contributed by atoms with van der Waals surface area (Å²) in [5.74, 6) is -0.296. The Kier molecular flexibility index (Phi) is 5.53. The molecule has 4 rings (SSSR count). The average molecular weight is 433 g/mol. The third kappa shape index (κ3) is 3.80. The number of benzene rings is 3. The summed E-state index contributed by atoms with van der Waals surface area (Å²) in [6.07, 6.45) is 0. The van der Waals surface area contributed by atoms with E-state index in [0.29, 0.717) is 33.3 Å². The van der Waals surface area contributed by atoms with Crippen LogP contribution in [0.15, 0.2) is 72.4 Å². The van der Waals surface area contributed by atoms with E-state index in [-0.39, 0.29) is 5.70 Å². The van der Waals surface area contributed by atoms with Gasteiger partial charge in [-0.3, -0.25) is 9.59 Å². The molecule has 0 aliphatic carbocycles. The zero-order valence-electron chi connectivity index (χ0n) is 17.4. The summed E-state index contributed by atoms with van der Waals surface area (Å²) in [5, 5.41) is 3.59. The van der Waals surface area contributed by atoms with Gasteiger partial charge in [-0.15, -0.1) is 0 Å². The molecule has 0 aromatic heterocycles.